The van der Waals surface area contributed by atoms with E-state index in [4.69, 9.17) is 9.47 Å². The smallest absolute Gasteiger partial charge is 0.222 e. The fourth-order valence-electron chi connectivity index (χ4n) is 2.80. The van der Waals surface area contributed by atoms with E-state index >= 15 is 0 Å². The number of hydrogen-bond acceptors (Lipinski definition) is 5. The van der Waals surface area contributed by atoms with Crippen LogP contribution in [0.15, 0.2) is 24.3 Å². The van der Waals surface area contributed by atoms with Crippen LogP contribution in [0.5, 0.6) is 11.5 Å². The minimum absolute atomic E-state index is 0.185. The number of aliphatic hydroxyl groups is 1. The van der Waals surface area contributed by atoms with Crippen molar-refractivity contribution < 1.29 is 19.4 Å². The van der Waals surface area contributed by atoms with Crippen LogP contribution in [0.25, 0.3) is 0 Å². The predicted molar refractivity (Wildman–Crippen MR) is 92.4 cm³/mol. The molecule has 1 saturated heterocycles. The highest BCUT2D eigenvalue weighted by molar-refractivity contribution is 5.76. The average Bonchev–Trinajstić information content (AvgIpc) is 2.59. The number of ether oxygens (including phenoxy) is 2. The van der Waals surface area contributed by atoms with Crippen molar-refractivity contribution in [3.05, 3.63) is 24.3 Å². The number of aliphatic hydroxyl groups excluding tert-OH is 1. The second-order valence-corrected chi connectivity index (χ2v) is 6.16. The van der Waals surface area contributed by atoms with Gasteiger partial charge in [0.15, 0.2) is 0 Å². The van der Waals surface area contributed by atoms with Gasteiger partial charge in [-0.25, -0.2) is 0 Å². The Morgan fingerprint density at radius 1 is 1.17 bits per heavy atom. The van der Waals surface area contributed by atoms with Crippen molar-refractivity contribution >= 4 is 5.91 Å². The van der Waals surface area contributed by atoms with E-state index in [9.17, 15) is 9.90 Å². The summed E-state index contributed by atoms with van der Waals surface area (Å²) in [6.45, 7) is 6.14. The molecule has 0 spiro atoms. The largest absolute Gasteiger partial charge is 0.497 e. The lowest BCUT2D eigenvalue weighted by Crippen LogP contribution is -2.50. The molecule has 134 valence electrons. The van der Waals surface area contributed by atoms with Gasteiger partial charge in [0.1, 0.15) is 11.5 Å². The molecule has 1 aliphatic rings. The highest BCUT2D eigenvalue weighted by Gasteiger charge is 2.21. The molecule has 1 aromatic rings. The minimum Gasteiger partial charge on any atom is -0.497 e. The normalized spacial score (nSPS) is 16.7. The van der Waals surface area contributed by atoms with E-state index in [1.807, 2.05) is 29.2 Å². The Hall–Kier alpha value is -1.79. The Labute approximate surface area is 144 Å². The van der Waals surface area contributed by atoms with Crippen LogP contribution in [-0.2, 0) is 4.79 Å². The first-order valence-electron chi connectivity index (χ1n) is 8.53. The molecule has 1 aliphatic heterocycles. The van der Waals surface area contributed by atoms with Crippen molar-refractivity contribution in [3.63, 3.8) is 0 Å². The Bertz CT molecular complexity index is 496. The van der Waals surface area contributed by atoms with E-state index in [-0.39, 0.29) is 12.0 Å². The molecule has 1 fully saturated rings. The molecular weight excluding hydrogens is 308 g/mol. The lowest BCUT2D eigenvalue weighted by molar-refractivity contribution is -0.133. The fraction of sp³-hybridized carbons (Fsp3) is 0.611. The molecular formula is C18H28N2O4. The number of amides is 1. The number of carbonyl (C=O) groups is 1. The average molecular weight is 336 g/mol. The van der Waals surface area contributed by atoms with Crippen molar-refractivity contribution in [2.75, 3.05) is 46.4 Å². The number of benzene rings is 1. The predicted octanol–water partition coefficient (Wildman–Crippen LogP) is 1.38. The standard InChI is InChI=1S/C18H28N2O4/c1-15(21)14-19-9-11-20(12-10-19)18(22)4-3-13-24-17-7-5-16(23-2)6-8-17/h5-8,15,21H,3-4,9-14H2,1-2H3/t15-/m0/s1. The monoisotopic (exact) mass is 336 g/mol. The Balaban J connectivity index is 1.61. The van der Waals surface area contributed by atoms with Crippen molar-refractivity contribution in [1.29, 1.82) is 0 Å². The maximum atomic E-state index is 12.2. The van der Waals surface area contributed by atoms with Gasteiger partial charge in [0.25, 0.3) is 0 Å². The van der Waals surface area contributed by atoms with E-state index in [0.717, 1.165) is 37.7 Å². The molecule has 1 aromatic carbocycles. The van der Waals surface area contributed by atoms with Gasteiger partial charge in [-0.05, 0) is 37.6 Å². The molecule has 0 aliphatic carbocycles. The zero-order chi connectivity index (χ0) is 17.4. The molecule has 24 heavy (non-hydrogen) atoms. The van der Waals surface area contributed by atoms with Crippen LogP contribution in [0, 0.1) is 0 Å². The number of nitrogens with zero attached hydrogens (tertiary/aromatic N) is 2. The SMILES string of the molecule is COc1ccc(OCCCC(=O)N2CCN(C[C@H](C)O)CC2)cc1. The summed E-state index contributed by atoms with van der Waals surface area (Å²) in [5.74, 6) is 1.77. The summed E-state index contributed by atoms with van der Waals surface area (Å²) in [7, 11) is 1.63. The maximum absolute atomic E-state index is 12.2. The van der Waals surface area contributed by atoms with Crippen LogP contribution in [0.2, 0.25) is 0 Å². The third-order valence-corrected chi connectivity index (χ3v) is 4.11. The molecule has 0 unspecified atom stereocenters. The van der Waals surface area contributed by atoms with Crippen LogP contribution < -0.4 is 9.47 Å². The van der Waals surface area contributed by atoms with Crippen LogP contribution >= 0.6 is 0 Å². The number of β-amino-alcohol motifs (C(OH)–C–C–N with tert-alkyl or cyclic N) is 1. The fourth-order valence-corrected chi connectivity index (χ4v) is 2.80. The lowest BCUT2D eigenvalue weighted by Gasteiger charge is -2.35. The Kier molecular flexibility index (Phi) is 7.34. The number of carbonyl (C=O) groups excluding carboxylic acids is 1. The van der Waals surface area contributed by atoms with Crippen molar-refractivity contribution in [2.24, 2.45) is 0 Å². The second-order valence-electron chi connectivity index (χ2n) is 6.16. The number of methoxy groups -OCH3 is 1. The van der Waals surface area contributed by atoms with Gasteiger partial charge in [0, 0.05) is 39.1 Å². The Morgan fingerprint density at radius 2 is 1.79 bits per heavy atom. The van der Waals surface area contributed by atoms with Crippen LogP contribution in [0.3, 0.4) is 0 Å². The summed E-state index contributed by atoms with van der Waals surface area (Å²) in [5, 5.41) is 9.40. The third kappa shape index (κ3) is 6.02. The highest BCUT2D eigenvalue weighted by atomic mass is 16.5. The van der Waals surface area contributed by atoms with Gasteiger partial charge in [0.05, 0.1) is 19.8 Å². The molecule has 6 nitrogen and oxygen atoms in total. The molecule has 1 atom stereocenters. The number of piperazine rings is 1. The number of hydrogen-bond donors (Lipinski definition) is 1. The first kappa shape index (κ1) is 18.5. The Morgan fingerprint density at radius 3 is 2.38 bits per heavy atom. The topological polar surface area (TPSA) is 62.2 Å². The molecule has 2 rings (SSSR count). The first-order chi connectivity index (χ1) is 11.6. The van der Waals surface area contributed by atoms with Gasteiger partial charge in [-0.15, -0.1) is 0 Å². The van der Waals surface area contributed by atoms with Gasteiger partial charge in [-0.1, -0.05) is 0 Å². The van der Waals surface area contributed by atoms with Gasteiger partial charge >= 0.3 is 0 Å². The molecule has 6 heteroatoms. The summed E-state index contributed by atoms with van der Waals surface area (Å²) < 4.78 is 10.7. The van der Waals surface area contributed by atoms with Crippen molar-refractivity contribution in [3.8, 4) is 11.5 Å². The van der Waals surface area contributed by atoms with Gasteiger partial charge in [0.2, 0.25) is 5.91 Å². The first-order valence-corrected chi connectivity index (χ1v) is 8.53. The highest BCUT2D eigenvalue weighted by Crippen LogP contribution is 2.17. The number of rotatable bonds is 8. The summed E-state index contributed by atoms with van der Waals surface area (Å²) in [6, 6.07) is 7.43. The van der Waals surface area contributed by atoms with Crippen LogP contribution in [0.4, 0.5) is 0 Å². The van der Waals surface area contributed by atoms with Crippen molar-refractivity contribution in [1.82, 2.24) is 9.80 Å². The molecule has 1 heterocycles. The van der Waals surface area contributed by atoms with Gasteiger partial charge in [-0.2, -0.15) is 0 Å². The molecule has 0 saturated carbocycles. The quantitative estimate of drug-likeness (QED) is 0.727. The van der Waals surface area contributed by atoms with E-state index < -0.39 is 0 Å². The van der Waals surface area contributed by atoms with E-state index in [1.54, 1.807) is 14.0 Å². The van der Waals surface area contributed by atoms with Gasteiger partial charge < -0.3 is 19.5 Å². The van der Waals surface area contributed by atoms with Crippen LogP contribution in [-0.4, -0.2) is 73.4 Å². The van der Waals surface area contributed by atoms with E-state index in [0.29, 0.717) is 26.0 Å². The summed E-state index contributed by atoms with van der Waals surface area (Å²) in [6.07, 6.45) is 0.896. The zero-order valence-corrected chi connectivity index (χ0v) is 14.6. The second kappa shape index (κ2) is 9.49. The van der Waals surface area contributed by atoms with E-state index in [2.05, 4.69) is 4.90 Å². The maximum Gasteiger partial charge on any atom is 0.222 e. The zero-order valence-electron chi connectivity index (χ0n) is 14.6. The molecule has 1 amide bonds. The van der Waals surface area contributed by atoms with Crippen LogP contribution in [0.1, 0.15) is 19.8 Å². The van der Waals surface area contributed by atoms with Crippen molar-refractivity contribution in [2.45, 2.75) is 25.9 Å². The molecule has 0 radical (unpaired) electrons. The molecule has 0 bridgehead atoms. The summed E-state index contributed by atoms with van der Waals surface area (Å²) in [4.78, 5) is 16.3. The molecule has 0 aromatic heterocycles. The van der Waals surface area contributed by atoms with Gasteiger partial charge in [-0.3, -0.25) is 9.69 Å². The minimum atomic E-state index is -0.317. The third-order valence-electron chi connectivity index (χ3n) is 4.11. The summed E-state index contributed by atoms with van der Waals surface area (Å²) >= 11 is 0. The summed E-state index contributed by atoms with van der Waals surface area (Å²) in [5.41, 5.74) is 0. The lowest BCUT2D eigenvalue weighted by atomic mass is 10.2. The van der Waals surface area contributed by atoms with E-state index in [1.165, 1.54) is 0 Å². The molecule has 1 N–H and O–H groups in total.